The number of hydrogen-bond donors (Lipinski definition) is 1. The normalized spacial score (nSPS) is 11.8. The number of tetrazole rings is 1. The van der Waals surface area contributed by atoms with Crippen LogP contribution in [-0.2, 0) is 4.79 Å². The quantitative estimate of drug-likeness (QED) is 0.412. The molecule has 7 nitrogen and oxygen atoms in total. The lowest BCUT2D eigenvalue weighted by molar-refractivity contribution is -0.120. The number of carbonyl (C=O) groups excluding carboxylic acids is 1. The maximum atomic E-state index is 13.2. The van der Waals surface area contributed by atoms with E-state index in [-0.39, 0.29) is 11.9 Å². The summed E-state index contributed by atoms with van der Waals surface area (Å²) in [5, 5.41) is 15.3. The second-order valence-electron chi connectivity index (χ2n) is 7.07. The Morgan fingerprint density at radius 2 is 1.53 bits per heavy atom. The molecule has 0 fully saturated rings. The van der Waals surface area contributed by atoms with Crippen LogP contribution in [0, 0.1) is 0 Å². The second kappa shape index (κ2) is 10.1. The smallest absolute Gasteiger partial charge is 0.234 e. The van der Waals surface area contributed by atoms with Crippen molar-refractivity contribution in [1.82, 2.24) is 25.5 Å². The number of para-hydroxylation sites is 2. The molecule has 1 aromatic heterocycles. The van der Waals surface area contributed by atoms with Crippen molar-refractivity contribution in [3.05, 3.63) is 96.1 Å². The summed E-state index contributed by atoms with van der Waals surface area (Å²) in [5.74, 6) is 0.536. The molecule has 0 aliphatic heterocycles. The van der Waals surface area contributed by atoms with Crippen LogP contribution in [0.4, 0.5) is 0 Å². The third-order valence-corrected chi connectivity index (χ3v) is 5.99. The van der Waals surface area contributed by atoms with E-state index in [2.05, 4.69) is 20.8 Å². The standard InChI is InChI=1S/C24H23N5O2S/c1-17(32-24-26-27-28-29(24)20-15-9-10-16-21(20)31-2)23(30)25-22(18-11-5-3-6-12-18)19-13-7-4-8-14-19/h3-17,22H,1-2H3,(H,25,30)/t17-/m0/s1. The Balaban J connectivity index is 1.54. The van der Waals surface area contributed by atoms with Crippen LogP contribution in [0.5, 0.6) is 5.75 Å². The predicted molar refractivity (Wildman–Crippen MR) is 124 cm³/mol. The van der Waals surface area contributed by atoms with Gasteiger partial charge in [0.25, 0.3) is 0 Å². The number of ether oxygens (including phenoxy) is 1. The Hall–Kier alpha value is -3.65. The van der Waals surface area contributed by atoms with Crippen molar-refractivity contribution in [1.29, 1.82) is 0 Å². The Labute approximate surface area is 190 Å². The molecular weight excluding hydrogens is 422 g/mol. The van der Waals surface area contributed by atoms with Gasteiger partial charge in [0.15, 0.2) is 0 Å². The highest BCUT2D eigenvalue weighted by atomic mass is 32.2. The van der Waals surface area contributed by atoms with Crippen molar-refractivity contribution in [2.45, 2.75) is 23.4 Å². The number of nitrogens with zero attached hydrogens (tertiary/aromatic N) is 4. The number of rotatable bonds is 8. The first-order valence-electron chi connectivity index (χ1n) is 10.2. The van der Waals surface area contributed by atoms with Crippen molar-refractivity contribution < 1.29 is 9.53 Å². The molecule has 162 valence electrons. The average molecular weight is 446 g/mol. The van der Waals surface area contributed by atoms with E-state index >= 15 is 0 Å². The highest BCUT2D eigenvalue weighted by molar-refractivity contribution is 8.00. The Morgan fingerprint density at radius 3 is 2.16 bits per heavy atom. The molecule has 1 amide bonds. The number of amides is 1. The maximum absolute atomic E-state index is 13.2. The largest absolute Gasteiger partial charge is 0.494 e. The first kappa shape index (κ1) is 21.6. The first-order valence-corrected chi connectivity index (χ1v) is 11.0. The number of aromatic nitrogens is 4. The molecule has 0 spiro atoms. The van der Waals surface area contributed by atoms with E-state index in [1.165, 1.54) is 11.8 Å². The molecule has 0 saturated heterocycles. The van der Waals surface area contributed by atoms with Crippen LogP contribution in [0.25, 0.3) is 5.69 Å². The fraction of sp³-hybridized carbons (Fsp3) is 0.167. The zero-order valence-electron chi connectivity index (χ0n) is 17.8. The van der Waals surface area contributed by atoms with Gasteiger partial charge in [0.1, 0.15) is 11.4 Å². The lowest BCUT2D eigenvalue weighted by atomic mass is 9.98. The SMILES string of the molecule is COc1ccccc1-n1nnnc1S[C@@H](C)C(=O)NC(c1ccccc1)c1ccccc1. The van der Waals surface area contributed by atoms with Gasteiger partial charge >= 0.3 is 0 Å². The predicted octanol–water partition coefficient (Wildman–Crippen LogP) is 4.06. The molecule has 0 aliphatic carbocycles. The van der Waals surface area contributed by atoms with Gasteiger partial charge in [-0.15, -0.1) is 5.10 Å². The highest BCUT2D eigenvalue weighted by Gasteiger charge is 2.24. The van der Waals surface area contributed by atoms with Gasteiger partial charge in [0.2, 0.25) is 11.1 Å². The summed E-state index contributed by atoms with van der Waals surface area (Å²) in [6.07, 6.45) is 0. The number of methoxy groups -OCH3 is 1. The Kier molecular flexibility index (Phi) is 6.81. The van der Waals surface area contributed by atoms with Gasteiger partial charge < -0.3 is 10.1 Å². The number of benzene rings is 3. The van der Waals surface area contributed by atoms with Crippen molar-refractivity contribution in [3.63, 3.8) is 0 Å². The van der Waals surface area contributed by atoms with Crippen molar-refractivity contribution in [2.24, 2.45) is 0 Å². The molecule has 1 N–H and O–H groups in total. The van der Waals surface area contributed by atoms with E-state index in [0.717, 1.165) is 11.1 Å². The molecule has 8 heteroatoms. The molecule has 0 radical (unpaired) electrons. The first-order chi connectivity index (χ1) is 15.7. The van der Waals surface area contributed by atoms with E-state index < -0.39 is 5.25 Å². The summed E-state index contributed by atoms with van der Waals surface area (Å²) >= 11 is 1.29. The molecule has 1 atom stereocenters. The molecular formula is C24H23N5O2S. The summed E-state index contributed by atoms with van der Waals surface area (Å²) in [4.78, 5) is 13.2. The van der Waals surface area contributed by atoms with E-state index in [1.807, 2.05) is 91.9 Å². The van der Waals surface area contributed by atoms with E-state index in [0.29, 0.717) is 16.6 Å². The number of carbonyl (C=O) groups is 1. The Morgan fingerprint density at radius 1 is 0.938 bits per heavy atom. The lowest BCUT2D eigenvalue weighted by Gasteiger charge is -2.22. The third-order valence-electron chi connectivity index (χ3n) is 4.96. The van der Waals surface area contributed by atoms with Gasteiger partial charge in [0.05, 0.1) is 18.4 Å². The summed E-state index contributed by atoms with van der Waals surface area (Å²) in [6.45, 7) is 1.84. The average Bonchev–Trinajstić information content (AvgIpc) is 3.31. The van der Waals surface area contributed by atoms with Crippen LogP contribution >= 0.6 is 11.8 Å². The second-order valence-corrected chi connectivity index (χ2v) is 8.38. The fourth-order valence-electron chi connectivity index (χ4n) is 3.33. The fourth-order valence-corrected chi connectivity index (χ4v) is 4.14. The van der Waals surface area contributed by atoms with Gasteiger partial charge in [0, 0.05) is 0 Å². The molecule has 32 heavy (non-hydrogen) atoms. The summed E-state index contributed by atoms with van der Waals surface area (Å²) < 4.78 is 7.00. The minimum Gasteiger partial charge on any atom is -0.494 e. The third kappa shape index (κ3) is 4.81. The van der Waals surface area contributed by atoms with Crippen LogP contribution < -0.4 is 10.1 Å². The van der Waals surface area contributed by atoms with Gasteiger partial charge in [-0.3, -0.25) is 4.79 Å². The highest BCUT2D eigenvalue weighted by Crippen LogP contribution is 2.29. The molecule has 4 rings (SSSR count). The molecule has 1 heterocycles. The number of thioether (sulfide) groups is 1. The maximum Gasteiger partial charge on any atom is 0.234 e. The molecule has 0 aliphatic rings. The van der Waals surface area contributed by atoms with Crippen LogP contribution in [-0.4, -0.2) is 38.5 Å². The summed E-state index contributed by atoms with van der Waals surface area (Å²) in [6, 6.07) is 27.1. The number of nitrogens with one attached hydrogen (secondary N) is 1. The van der Waals surface area contributed by atoms with Crippen LogP contribution in [0.2, 0.25) is 0 Å². The lowest BCUT2D eigenvalue weighted by Crippen LogP contribution is -2.35. The zero-order valence-corrected chi connectivity index (χ0v) is 18.6. The topological polar surface area (TPSA) is 81.9 Å². The van der Waals surface area contributed by atoms with E-state index in [1.54, 1.807) is 11.8 Å². The van der Waals surface area contributed by atoms with E-state index in [9.17, 15) is 4.79 Å². The minimum atomic E-state index is -0.426. The number of hydrogen-bond acceptors (Lipinski definition) is 6. The van der Waals surface area contributed by atoms with Crippen molar-refractivity contribution in [3.8, 4) is 11.4 Å². The zero-order chi connectivity index (χ0) is 22.3. The monoisotopic (exact) mass is 445 g/mol. The van der Waals surface area contributed by atoms with Gasteiger partial charge in [-0.05, 0) is 40.6 Å². The van der Waals surface area contributed by atoms with Crippen LogP contribution in [0.3, 0.4) is 0 Å². The minimum absolute atomic E-state index is 0.109. The molecule has 0 bridgehead atoms. The van der Waals surface area contributed by atoms with Crippen molar-refractivity contribution >= 4 is 17.7 Å². The summed E-state index contributed by atoms with van der Waals surface area (Å²) in [5.41, 5.74) is 2.74. The van der Waals surface area contributed by atoms with Crippen LogP contribution in [0.1, 0.15) is 24.1 Å². The van der Waals surface area contributed by atoms with E-state index in [4.69, 9.17) is 4.74 Å². The molecule has 0 saturated carbocycles. The Bertz CT molecular complexity index is 1130. The van der Waals surface area contributed by atoms with Gasteiger partial charge in [-0.25, -0.2) is 0 Å². The molecule has 4 aromatic rings. The summed E-state index contributed by atoms with van der Waals surface area (Å²) in [7, 11) is 1.60. The van der Waals surface area contributed by atoms with Gasteiger partial charge in [-0.1, -0.05) is 84.6 Å². The molecule has 3 aromatic carbocycles. The molecule has 0 unspecified atom stereocenters. The van der Waals surface area contributed by atoms with Crippen molar-refractivity contribution in [2.75, 3.05) is 7.11 Å². The van der Waals surface area contributed by atoms with Crippen LogP contribution in [0.15, 0.2) is 90.1 Å². The van der Waals surface area contributed by atoms with Gasteiger partial charge in [-0.2, -0.15) is 4.68 Å².